The van der Waals surface area contributed by atoms with E-state index in [0.29, 0.717) is 12.5 Å². The maximum atomic E-state index is 6.03. The van der Waals surface area contributed by atoms with Crippen LogP contribution in [0.5, 0.6) is 5.75 Å². The van der Waals surface area contributed by atoms with Gasteiger partial charge in [-0.15, -0.1) is 0 Å². The van der Waals surface area contributed by atoms with Gasteiger partial charge in [-0.2, -0.15) is 0 Å². The number of hydrogen-bond acceptors (Lipinski definition) is 3. The highest BCUT2D eigenvalue weighted by Crippen LogP contribution is 2.17. The van der Waals surface area contributed by atoms with E-state index in [0.717, 1.165) is 31.9 Å². The molecule has 2 aromatic rings. The second-order valence-corrected chi connectivity index (χ2v) is 5.80. The van der Waals surface area contributed by atoms with Crippen LogP contribution in [0.15, 0.2) is 60.7 Å². The van der Waals surface area contributed by atoms with Crippen molar-refractivity contribution in [2.24, 2.45) is 5.92 Å². The molecule has 1 fully saturated rings. The monoisotopic (exact) mass is 297 g/mol. The summed E-state index contributed by atoms with van der Waals surface area (Å²) in [6.07, 6.45) is 1.31. The van der Waals surface area contributed by atoms with Gasteiger partial charge in [-0.3, -0.25) is 0 Å². The van der Waals surface area contributed by atoms with Crippen molar-refractivity contribution in [1.82, 2.24) is 5.32 Å². The smallest absolute Gasteiger partial charge is 0.119 e. The third-order valence-electron chi connectivity index (χ3n) is 3.96. The fourth-order valence-electron chi connectivity index (χ4n) is 2.76. The van der Waals surface area contributed by atoms with E-state index >= 15 is 0 Å². The molecule has 1 N–H and O–H groups in total. The lowest BCUT2D eigenvalue weighted by atomic mass is 9.98. The van der Waals surface area contributed by atoms with Crippen LogP contribution in [0.2, 0.25) is 0 Å². The first-order valence-corrected chi connectivity index (χ1v) is 7.94. The predicted octanol–water partition coefficient (Wildman–Crippen LogP) is 3.26. The lowest BCUT2D eigenvalue weighted by Crippen LogP contribution is -2.42. The zero-order chi connectivity index (χ0) is 15.0. The van der Waals surface area contributed by atoms with Crippen LogP contribution in [-0.4, -0.2) is 25.8 Å². The first kappa shape index (κ1) is 15.1. The molecule has 1 aliphatic heterocycles. The summed E-state index contributed by atoms with van der Waals surface area (Å²) < 4.78 is 11.9. The van der Waals surface area contributed by atoms with Gasteiger partial charge in [0.05, 0.1) is 19.3 Å². The molecule has 0 spiro atoms. The summed E-state index contributed by atoms with van der Waals surface area (Å²) >= 11 is 0. The topological polar surface area (TPSA) is 30.5 Å². The average Bonchev–Trinajstić information content (AvgIpc) is 2.60. The van der Waals surface area contributed by atoms with E-state index in [4.69, 9.17) is 9.47 Å². The molecule has 0 radical (unpaired) electrons. The third kappa shape index (κ3) is 4.58. The molecule has 0 saturated carbocycles. The van der Waals surface area contributed by atoms with E-state index < -0.39 is 0 Å². The van der Waals surface area contributed by atoms with Gasteiger partial charge < -0.3 is 14.8 Å². The summed E-state index contributed by atoms with van der Waals surface area (Å²) in [4.78, 5) is 0. The molecule has 3 heteroatoms. The Hall–Kier alpha value is -1.84. The van der Waals surface area contributed by atoms with Crippen molar-refractivity contribution < 1.29 is 9.47 Å². The average molecular weight is 297 g/mol. The maximum Gasteiger partial charge on any atom is 0.119 e. The summed E-state index contributed by atoms with van der Waals surface area (Å²) in [5.41, 5.74) is 1.23. The van der Waals surface area contributed by atoms with E-state index in [2.05, 4.69) is 17.4 Å². The molecule has 1 aliphatic rings. The molecule has 116 valence electrons. The Morgan fingerprint density at radius 1 is 0.909 bits per heavy atom. The fourth-order valence-corrected chi connectivity index (χ4v) is 2.76. The van der Waals surface area contributed by atoms with E-state index in [1.807, 2.05) is 48.5 Å². The Balaban J connectivity index is 1.43. The Morgan fingerprint density at radius 3 is 2.41 bits per heavy atom. The van der Waals surface area contributed by atoms with E-state index in [1.165, 1.54) is 5.56 Å². The number of hydrogen-bond donors (Lipinski definition) is 1. The van der Waals surface area contributed by atoms with Crippen molar-refractivity contribution in [2.75, 3.05) is 19.7 Å². The third-order valence-corrected chi connectivity index (χ3v) is 3.96. The SMILES string of the molecule is c1ccc(CO[C@@H]2CNC[C@@H](COc3ccccc3)C2)cc1. The van der Waals surface area contributed by atoms with Crippen LogP contribution in [0, 0.1) is 5.92 Å². The van der Waals surface area contributed by atoms with Gasteiger partial charge in [-0.05, 0) is 24.1 Å². The molecule has 2 atom stereocenters. The zero-order valence-corrected chi connectivity index (χ0v) is 12.8. The van der Waals surface area contributed by atoms with E-state index in [-0.39, 0.29) is 6.10 Å². The molecular weight excluding hydrogens is 274 g/mol. The first-order chi connectivity index (χ1) is 10.9. The van der Waals surface area contributed by atoms with Crippen molar-refractivity contribution >= 4 is 0 Å². The number of ether oxygens (including phenoxy) is 2. The van der Waals surface area contributed by atoms with Crippen LogP contribution >= 0.6 is 0 Å². The molecule has 3 nitrogen and oxygen atoms in total. The van der Waals surface area contributed by atoms with Gasteiger partial charge in [0.15, 0.2) is 0 Å². The minimum Gasteiger partial charge on any atom is -0.493 e. The largest absolute Gasteiger partial charge is 0.493 e. The van der Waals surface area contributed by atoms with Gasteiger partial charge in [0.25, 0.3) is 0 Å². The molecule has 1 saturated heterocycles. The van der Waals surface area contributed by atoms with Crippen molar-refractivity contribution in [3.05, 3.63) is 66.2 Å². The van der Waals surface area contributed by atoms with Crippen LogP contribution in [-0.2, 0) is 11.3 Å². The zero-order valence-electron chi connectivity index (χ0n) is 12.8. The van der Waals surface area contributed by atoms with Crippen LogP contribution in [0.3, 0.4) is 0 Å². The Labute approximate surface area is 132 Å². The van der Waals surface area contributed by atoms with Crippen LogP contribution in [0.25, 0.3) is 0 Å². The number of rotatable bonds is 6. The summed E-state index contributed by atoms with van der Waals surface area (Å²) in [6.45, 7) is 3.34. The number of nitrogens with one attached hydrogen (secondary N) is 1. The summed E-state index contributed by atoms with van der Waals surface area (Å²) in [7, 11) is 0. The minimum absolute atomic E-state index is 0.262. The van der Waals surface area contributed by atoms with Crippen molar-refractivity contribution in [1.29, 1.82) is 0 Å². The Kier molecular flexibility index (Phi) is 5.46. The van der Waals surface area contributed by atoms with Crippen molar-refractivity contribution in [2.45, 2.75) is 19.1 Å². The Bertz CT molecular complexity index is 494. The van der Waals surface area contributed by atoms with E-state index in [1.54, 1.807) is 0 Å². The molecule has 0 aliphatic carbocycles. The summed E-state index contributed by atoms with van der Waals surface area (Å²) in [5, 5.41) is 3.45. The van der Waals surface area contributed by atoms with Crippen LogP contribution < -0.4 is 10.1 Å². The lowest BCUT2D eigenvalue weighted by molar-refractivity contribution is 0.00485. The standard InChI is InChI=1S/C19H23NO2/c1-3-7-16(8-4-1)14-22-19-11-17(12-20-13-19)15-21-18-9-5-2-6-10-18/h1-10,17,19-20H,11-15H2/t17-,19-/m0/s1. The molecule has 0 amide bonds. The summed E-state index contributed by atoms with van der Waals surface area (Å²) in [6, 6.07) is 20.3. The lowest BCUT2D eigenvalue weighted by Gasteiger charge is -2.30. The number of para-hydroxylation sites is 1. The minimum atomic E-state index is 0.262. The van der Waals surface area contributed by atoms with Gasteiger partial charge in [-0.25, -0.2) is 0 Å². The fraction of sp³-hybridized carbons (Fsp3) is 0.368. The summed E-state index contributed by atoms with van der Waals surface area (Å²) in [5.74, 6) is 1.43. The molecule has 1 heterocycles. The molecular formula is C19H23NO2. The quantitative estimate of drug-likeness (QED) is 0.888. The van der Waals surface area contributed by atoms with Gasteiger partial charge in [0.2, 0.25) is 0 Å². The molecule has 0 unspecified atom stereocenters. The maximum absolute atomic E-state index is 6.03. The molecule has 0 aromatic heterocycles. The second-order valence-electron chi connectivity index (χ2n) is 5.80. The molecule has 2 aromatic carbocycles. The van der Waals surface area contributed by atoms with Crippen LogP contribution in [0.1, 0.15) is 12.0 Å². The highest BCUT2D eigenvalue weighted by Gasteiger charge is 2.22. The van der Waals surface area contributed by atoms with E-state index in [9.17, 15) is 0 Å². The molecule has 22 heavy (non-hydrogen) atoms. The normalized spacial score (nSPS) is 21.5. The van der Waals surface area contributed by atoms with Gasteiger partial charge in [0, 0.05) is 19.0 Å². The second kappa shape index (κ2) is 7.97. The molecule has 0 bridgehead atoms. The molecule has 3 rings (SSSR count). The number of piperidine rings is 1. The predicted molar refractivity (Wildman–Crippen MR) is 87.9 cm³/mol. The van der Waals surface area contributed by atoms with Gasteiger partial charge in [0.1, 0.15) is 5.75 Å². The van der Waals surface area contributed by atoms with Gasteiger partial charge >= 0.3 is 0 Å². The first-order valence-electron chi connectivity index (χ1n) is 7.94. The Morgan fingerprint density at radius 2 is 1.64 bits per heavy atom. The van der Waals surface area contributed by atoms with Gasteiger partial charge in [-0.1, -0.05) is 48.5 Å². The highest BCUT2D eigenvalue weighted by molar-refractivity contribution is 5.20. The van der Waals surface area contributed by atoms with Crippen molar-refractivity contribution in [3.8, 4) is 5.75 Å². The van der Waals surface area contributed by atoms with Crippen molar-refractivity contribution in [3.63, 3.8) is 0 Å². The van der Waals surface area contributed by atoms with Crippen LogP contribution in [0.4, 0.5) is 0 Å². The number of benzene rings is 2. The highest BCUT2D eigenvalue weighted by atomic mass is 16.5.